The highest BCUT2D eigenvalue weighted by Crippen LogP contribution is 2.30. The Labute approximate surface area is 109 Å². The van der Waals surface area contributed by atoms with E-state index in [0.29, 0.717) is 14.9 Å². The molecule has 1 unspecified atom stereocenters. The molecule has 1 N–H and O–H groups in total. The number of hydrogen-bond donors (Lipinski definition) is 1. The van der Waals surface area contributed by atoms with Gasteiger partial charge in [-0.3, -0.25) is 0 Å². The van der Waals surface area contributed by atoms with Gasteiger partial charge in [0.05, 0.1) is 14.9 Å². The molecule has 1 rings (SSSR count). The first-order valence-electron chi connectivity index (χ1n) is 4.86. The minimum absolute atomic E-state index is 0.244. The third-order valence-corrected chi connectivity index (χ3v) is 4.46. The van der Waals surface area contributed by atoms with Crippen LogP contribution in [0.15, 0.2) is 17.0 Å². The van der Waals surface area contributed by atoms with E-state index in [4.69, 9.17) is 23.2 Å². The van der Waals surface area contributed by atoms with Gasteiger partial charge in [0.1, 0.15) is 11.0 Å². The van der Waals surface area contributed by atoms with Crippen LogP contribution in [0.3, 0.4) is 0 Å². The lowest BCUT2D eigenvalue weighted by Gasteiger charge is -2.20. The number of aryl methyl sites for hydroxylation is 1. The molecule has 16 heavy (non-hydrogen) atoms. The molecule has 0 aliphatic heterocycles. The smallest absolute Gasteiger partial charge is 0.126 e. The van der Waals surface area contributed by atoms with Crippen LogP contribution in [0.2, 0.25) is 10.0 Å². The number of benzene rings is 1. The predicted octanol–water partition coefficient (Wildman–Crippen LogP) is 3.71. The summed E-state index contributed by atoms with van der Waals surface area (Å²) in [7, 11) is -1.35. The van der Waals surface area contributed by atoms with Gasteiger partial charge in [0.25, 0.3) is 0 Å². The Morgan fingerprint density at radius 1 is 1.19 bits per heavy atom. The average molecular weight is 280 g/mol. The fourth-order valence-electron chi connectivity index (χ4n) is 1.10. The van der Waals surface area contributed by atoms with Crippen molar-refractivity contribution in [3.8, 4) is 0 Å². The largest absolute Gasteiger partial charge is 0.237 e. The van der Waals surface area contributed by atoms with Crippen LogP contribution in [0.1, 0.15) is 26.3 Å². The van der Waals surface area contributed by atoms with Crippen molar-refractivity contribution in [1.82, 2.24) is 4.72 Å². The molecule has 0 aromatic heterocycles. The topological polar surface area (TPSA) is 29.1 Å². The summed E-state index contributed by atoms with van der Waals surface area (Å²) in [4.78, 5) is 0.521. The van der Waals surface area contributed by atoms with Crippen molar-refractivity contribution >= 4 is 34.2 Å². The standard InChI is InChI=1S/C11H15Cl2NOS/c1-7-5-6-8(10(13)9(7)12)16(15)14-11(2,3)4/h5-6,14H,1-4H3. The van der Waals surface area contributed by atoms with E-state index < -0.39 is 11.0 Å². The van der Waals surface area contributed by atoms with Crippen LogP contribution in [0.4, 0.5) is 0 Å². The monoisotopic (exact) mass is 279 g/mol. The fraction of sp³-hybridized carbons (Fsp3) is 0.455. The molecule has 1 atom stereocenters. The Hall–Kier alpha value is -0.0900. The molecule has 0 fully saturated rings. The van der Waals surface area contributed by atoms with Crippen LogP contribution in [-0.2, 0) is 11.0 Å². The van der Waals surface area contributed by atoms with Crippen molar-refractivity contribution in [3.63, 3.8) is 0 Å². The molecule has 0 heterocycles. The third kappa shape index (κ3) is 3.45. The molecule has 0 aliphatic rings. The quantitative estimate of drug-likeness (QED) is 0.879. The van der Waals surface area contributed by atoms with Crippen molar-refractivity contribution < 1.29 is 4.21 Å². The summed E-state index contributed by atoms with van der Waals surface area (Å²) in [5, 5.41) is 0.819. The Kier molecular flexibility index (Phi) is 4.41. The third-order valence-electron chi connectivity index (χ3n) is 1.84. The van der Waals surface area contributed by atoms with E-state index >= 15 is 0 Å². The number of nitrogens with one attached hydrogen (secondary N) is 1. The zero-order chi connectivity index (χ0) is 12.5. The van der Waals surface area contributed by atoms with E-state index in [2.05, 4.69) is 4.72 Å². The van der Waals surface area contributed by atoms with Crippen LogP contribution < -0.4 is 4.72 Å². The highest BCUT2D eigenvalue weighted by atomic mass is 35.5. The first kappa shape index (κ1) is 14.0. The maximum atomic E-state index is 12.0. The van der Waals surface area contributed by atoms with E-state index in [-0.39, 0.29) is 5.54 Å². The Balaban J connectivity index is 3.06. The van der Waals surface area contributed by atoms with Gasteiger partial charge in [-0.1, -0.05) is 29.3 Å². The average Bonchev–Trinajstić information content (AvgIpc) is 2.11. The Morgan fingerprint density at radius 3 is 2.25 bits per heavy atom. The lowest BCUT2D eigenvalue weighted by Crippen LogP contribution is -2.37. The summed E-state index contributed by atoms with van der Waals surface area (Å²) >= 11 is 12.1. The minimum Gasteiger partial charge on any atom is -0.237 e. The van der Waals surface area contributed by atoms with Crippen LogP contribution >= 0.6 is 23.2 Å². The molecule has 0 saturated heterocycles. The summed E-state index contributed by atoms with van der Waals surface area (Å²) in [6.45, 7) is 7.68. The van der Waals surface area contributed by atoms with Gasteiger partial charge in [-0.25, -0.2) is 8.93 Å². The molecule has 2 nitrogen and oxygen atoms in total. The maximum Gasteiger partial charge on any atom is 0.126 e. The zero-order valence-corrected chi connectivity index (χ0v) is 12.1. The van der Waals surface area contributed by atoms with Gasteiger partial charge in [-0.15, -0.1) is 0 Å². The van der Waals surface area contributed by atoms with Gasteiger partial charge in [-0.2, -0.15) is 0 Å². The van der Waals surface area contributed by atoms with Gasteiger partial charge in [0, 0.05) is 5.54 Å². The second-order valence-corrected chi connectivity index (χ2v) is 6.57. The normalized spacial score (nSPS) is 13.9. The number of hydrogen-bond acceptors (Lipinski definition) is 1. The molecule has 0 radical (unpaired) electrons. The molecule has 90 valence electrons. The van der Waals surface area contributed by atoms with Gasteiger partial charge in [0.15, 0.2) is 0 Å². The van der Waals surface area contributed by atoms with Crippen LogP contribution in [0.5, 0.6) is 0 Å². The van der Waals surface area contributed by atoms with Crippen molar-refractivity contribution in [2.75, 3.05) is 0 Å². The molecule has 1 aromatic rings. The van der Waals surface area contributed by atoms with E-state index in [9.17, 15) is 4.21 Å². The van der Waals surface area contributed by atoms with E-state index in [0.717, 1.165) is 5.56 Å². The molecule has 0 saturated carbocycles. The second-order valence-electron chi connectivity index (χ2n) is 4.63. The van der Waals surface area contributed by atoms with Crippen molar-refractivity contribution in [2.45, 2.75) is 38.1 Å². The maximum absolute atomic E-state index is 12.0. The summed E-state index contributed by atoms with van der Waals surface area (Å²) in [6.07, 6.45) is 0. The van der Waals surface area contributed by atoms with Crippen LogP contribution in [0.25, 0.3) is 0 Å². The molecule has 0 spiro atoms. The van der Waals surface area contributed by atoms with Crippen molar-refractivity contribution in [1.29, 1.82) is 0 Å². The van der Waals surface area contributed by atoms with Gasteiger partial charge in [-0.05, 0) is 39.3 Å². The highest BCUT2D eigenvalue weighted by molar-refractivity contribution is 7.83. The van der Waals surface area contributed by atoms with E-state index in [1.54, 1.807) is 6.07 Å². The summed E-state index contributed by atoms with van der Waals surface area (Å²) in [6, 6.07) is 3.55. The Bertz CT molecular complexity index is 427. The lowest BCUT2D eigenvalue weighted by molar-refractivity contribution is 0.519. The molecule has 0 amide bonds. The van der Waals surface area contributed by atoms with Crippen LogP contribution in [0, 0.1) is 6.92 Å². The Morgan fingerprint density at radius 2 is 1.75 bits per heavy atom. The summed E-state index contributed by atoms with van der Waals surface area (Å²) in [5.41, 5.74) is 0.633. The SMILES string of the molecule is Cc1ccc(S(=O)NC(C)(C)C)c(Cl)c1Cl. The number of halogens is 2. The lowest BCUT2D eigenvalue weighted by atomic mass is 10.1. The van der Waals surface area contributed by atoms with Crippen LogP contribution in [-0.4, -0.2) is 9.75 Å². The van der Waals surface area contributed by atoms with Gasteiger partial charge in [0.2, 0.25) is 0 Å². The molecular formula is C11H15Cl2NOS. The van der Waals surface area contributed by atoms with E-state index in [1.807, 2.05) is 33.8 Å². The molecular weight excluding hydrogens is 265 g/mol. The predicted molar refractivity (Wildman–Crippen MR) is 70.5 cm³/mol. The van der Waals surface area contributed by atoms with Gasteiger partial charge >= 0.3 is 0 Å². The van der Waals surface area contributed by atoms with Crippen molar-refractivity contribution in [2.24, 2.45) is 0 Å². The zero-order valence-electron chi connectivity index (χ0n) is 9.73. The fourth-order valence-corrected chi connectivity index (χ4v) is 2.87. The van der Waals surface area contributed by atoms with Crippen molar-refractivity contribution in [3.05, 3.63) is 27.7 Å². The van der Waals surface area contributed by atoms with Gasteiger partial charge < -0.3 is 0 Å². The molecule has 5 heteroatoms. The summed E-state index contributed by atoms with van der Waals surface area (Å²) in [5.74, 6) is 0. The van der Waals surface area contributed by atoms with E-state index in [1.165, 1.54) is 0 Å². The minimum atomic E-state index is -1.35. The number of rotatable bonds is 2. The molecule has 0 bridgehead atoms. The second kappa shape index (κ2) is 5.05. The molecule has 0 aliphatic carbocycles. The molecule has 1 aromatic carbocycles. The first-order chi connectivity index (χ1) is 7.22. The first-order valence-corrected chi connectivity index (χ1v) is 6.77. The highest BCUT2D eigenvalue weighted by Gasteiger charge is 2.18. The summed E-state index contributed by atoms with van der Waals surface area (Å²) < 4.78 is 15.0.